The van der Waals surface area contributed by atoms with Gasteiger partial charge in [0, 0.05) is 12.1 Å². The lowest BCUT2D eigenvalue weighted by atomic mass is 10.0. The van der Waals surface area contributed by atoms with Crippen molar-refractivity contribution < 1.29 is 9.47 Å². The van der Waals surface area contributed by atoms with Crippen molar-refractivity contribution in [2.45, 2.75) is 33.2 Å². The van der Waals surface area contributed by atoms with Crippen LogP contribution in [-0.4, -0.2) is 19.3 Å². The van der Waals surface area contributed by atoms with E-state index in [0.29, 0.717) is 13.2 Å². The van der Waals surface area contributed by atoms with Crippen molar-refractivity contribution >= 4 is 0 Å². The van der Waals surface area contributed by atoms with E-state index >= 15 is 0 Å². The molecule has 1 aromatic rings. The van der Waals surface area contributed by atoms with Gasteiger partial charge in [0.1, 0.15) is 0 Å². The zero-order chi connectivity index (χ0) is 11.7. The summed E-state index contributed by atoms with van der Waals surface area (Å²) in [6.07, 6.45) is -0.209. The number of rotatable bonds is 2. The molecule has 3 heteroatoms. The Kier molecular flexibility index (Phi) is 3.28. The summed E-state index contributed by atoms with van der Waals surface area (Å²) in [4.78, 5) is 0. The van der Waals surface area contributed by atoms with E-state index in [-0.39, 0.29) is 12.4 Å². The van der Waals surface area contributed by atoms with Gasteiger partial charge in [-0.25, -0.2) is 0 Å². The standard InChI is InChI=1S/C13H19NO2/c1-8-4-10(3)12(5-9(8)2)13-15-7-11(6-14)16-13/h4-5,11,13H,6-7,14H2,1-3H3. The number of ether oxygens (including phenoxy) is 2. The molecular formula is C13H19NO2. The van der Waals surface area contributed by atoms with Crippen LogP contribution < -0.4 is 5.73 Å². The highest BCUT2D eigenvalue weighted by atomic mass is 16.7. The maximum Gasteiger partial charge on any atom is 0.184 e. The first-order valence-electron chi connectivity index (χ1n) is 5.66. The first kappa shape index (κ1) is 11.6. The molecule has 1 aliphatic heterocycles. The Hall–Kier alpha value is -0.900. The second-order valence-electron chi connectivity index (χ2n) is 4.45. The van der Waals surface area contributed by atoms with Gasteiger partial charge in [-0.2, -0.15) is 0 Å². The number of hydrogen-bond acceptors (Lipinski definition) is 3. The van der Waals surface area contributed by atoms with Gasteiger partial charge in [-0.1, -0.05) is 12.1 Å². The molecule has 2 N–H and O–H groups in total. The van der Waals surface area contributed by atoms with Crippen LogP contribution in [0.4, 0.5) is 0 Å². The number of benzene rings is 1. The van der Waals surface area contributed by atoms with Gasteiger partial charge < -0.3 is 15.2 Å². The van der Waals surface area contributed by atoms with Gasteiger partial charge in [0.15, 0.2) is 6.29 Å². The number of aryl methyl sites for hydroxylation is 3. The molecule has 0 aromatic heterocycles. The summed E-state index contributed by atoms with van der Waals surface area (Å²) in [5.74, 6) is 0. The van der Waals surface area contributed by atoms with Gasteiger partial charge in [0.2, 0.25) is 0 Å². The van der Waals surface area contributed by atoms with E-state index in [1.165, 1.54) is 16.7 Å². The highest BCUT2D eigenvalue weighted by Gasteiger charge is 2.27. The SMILES string of the molecule is Cc1cc(C)c(C2OCC(CN)O2)cc1C. The minimum absolute atomic E-state index is 0.0333. The molecule has 1 aromatic carbocycles. The monoisotopic (exact) mass is 221 g/mol. The fraction of sp³-hybridized carbons (Fsp3) is 0.538. The van der Waals surface area contributed by atoms with Crippen LogP contribution in [0.2, 0.25) is 0 Å². The predicted octanol–water partition coefficient (Wildman–Crippen LogP) is 1.98. The second-order valence-corrected chi connectivity index (χ2v) is 4.45. The highest BCUT2D eigenvalue weighted by Crippen LogP contribution is 2.30. The van der Waals surface area contributed by atoms with Gasteiger partial charge >= 0.3 is 0 Å². The Morgan fingerprint density at radius 2 is 1.88 bits per heavy atom. The van der Waals surface area contributed by atoms with Crippen molar-refractivity contribution in [2.75, 3.05) is 13.2 Å². The van der Waals surface area contributed by atoms with Crippen LogP contribution in [0.1, 0.15) is 28.5 Å². The quantitative estimate of drug-likeness (QED) is 0.830. The van der Waals surface area contributed by atoms with Crippen molar-refractivity contribution in [3.63, 3.8) is 0 Å². The molecule has 1 saturated heterocycles. The molecule has 2 atom stereocenters. The molecule has 0 spiro atoms. The molecule has 2 unspecified atom stereocenters. The van der Waals surface area contributed by atoms with E-state index in [2.05, 4.69) is 32.9 Å². The maximum atomic E-state index is 5.73. The molecule has 2 rings (SSSR count). The summed E-state index contributed by atoms with van der Waals surface area (Å²) in [5, 5.41) is 0. The molecule has 0 amide bonds. The van der Waals surface area contributed by atoms with Crippen LogP contribution in [0.3, 0.4) is 0 Å². The van der Waals surface area contributed by atoms with Crippen LogP contribution in [-0.2, 0) is 9.47 Å². The molecule has 3 nitrogen and oxygen atoms in total. The first-order chi connectivity index (χ1) is 7.61. The average molecular weight is 221 g/mol. The Bertz CT molecular complexity index is 390. The average Bonchev–Trinajstić information content (AvgIpc) is 2.71. The van der Waals surface area contributed by atoms with Gasteiger partial charge in [0.25, 0.3) is 0 Å². The molecule has 88 valence electrons. The molecular weight excluding hydrogens is 202 g/mol. The summed E-state index contributed by atoms with van der Waals surface area (Å²) < 4.78 is 11.3. The second kappa shape index (κ2) is 4.53. The summed E-state index contributed by atoms with van der Waals surface area (Å²) in [7, 11) is 0. The van der Waals surface area contributed by atoms with Gasteiger partial charge in [0.05, 0.1) is 12.7 Å². The lowest BCUT2D eigenvalue weighted by Gasteiger charge is -2.15. The lowest BCUT2D eigenvalue weighted by Crippen LogP contribution is -2.21. The van der Waals surface area contributed by atoms with E-state index in [9.17, 15) is 0 Å². The first-order valence-corrected chi connectivity index (χ1v) is 5.66. The molecule has 0 saturated carbocycles. The predicted molar refractivity (Wildman–Crippen MR) is 63.3 cm³/mol. The van der Waals surface area contributed by atoms with Crippen molar-refractivity contribution in [1.82, 2.24) is 0 Å². The lowest BCUT2D eigenvalue weighted by molar-refractivity contribution is -0.0589. The van der Waals surface area contributed by atoms with Crippen LogP contribution in [0.25, 0.3) is 0 Å². The highest BCUT2D eigenvalue weighted by molar-refractivity contribution is 5.37. The smallest absolute Gasteiger partial charge is 0.184 e. The zero-order valence-corrected chi connectivity index (χ0v) is 10.1. The Balaban J connectivity index is 2.24. The summed E-state index contributed by atoms with van der Waals surface area (Å²) in [6, 6.07) is 4.32. The molecule has 1 fully saturated rings. The largest absolute Gasteiger partial charge is 0.346 e. The molecule has 1 aliphatic rings. The third-order valence-corrected chi connectivity index (χ3v) is 3.15. The van der Waals surface area contributed by atoms with E-state index in [1.807, 2.05) is 0 Å². The third kappa shape index (κ3) is 2.12. The van der Waals surface area contributed by atoms with E-state index < -0.39 is 0 Å². The minimum Gasteiger partial charge on any atom is -0.346 e. The van der Waals surface area contributed by atoms with Crippen LogP contribution in [0.5, 0.6) is 0 Å². The van der Waals surface area contributed by atoms with Gasteiger partial charge in [-0.15, -0.1) is 0 Å². The summed E-state index contributed by atoms with van der Waals surface area (Å²) in [6.45, 7) is 7.41. The zero-order valence-electron chi connectivity index (χ0n) is 10.1. The fourth-order valence-corrected chi connectivity index (χ4v) is 1.97. The van der Waals surface area contributed by atoms with Crippen molar-refractivity contribution in [3.05, 3.63) is 34.4 Å². The van der Waals surface area contributed by atoms with Crippen LogP contribution in [0.15, 0.2) is 12.1 Å². The van der Waals surface area contributed by atoms with Crippen molar-refractivity contribution in [2.24, 2.45) is 5.73 Å². The fourth-order valence-electron chi connectivity index (χ4n) is 1.97. The van der Waals surface area contributed by atoms with Crippen LogP contribution >= 0.6 is 0 Å². The number of hydrogen-bond donors (Lipinski definition) is 1. The normalized spacial score (nSPS) is 25.0. The molecule has 16 heavy (non-hydrogen) atoms. The van der Waals surface area contributed by atoms with E-state index in [0.717, 1.165) is 5.56 Å². The molecule has 0 aliphatic carbocycles. The van der Waals surface area contributed by atoms with E-state index in [1.54, 1.807) is 0 Å². The van der Waals surface area contributed by atoms with E-state index in [4.69, 9.17) is 15.2 Å². The summed E-state index contributed by atoms with van der Waals surface area (Å²) >= 11 is 0. The van der Waals surface area contributed by atoms with Gasteiger partial charge in [-0.05, 0) is 37.5 Å². The maximum absolute atomic E-state index is 5.73. The molecule has 0 bridgehead atoms. The van der Waals surface area contributed by atoms with Crippen molar-refractivity contribution in [1.29, 1.82) is 0 Å². The van der Waals surface area contributed by atoms with Crippen LogP contribution in [0, 0.1) is 20.8 Å². The van der Waals surface area contributed by atoms with Gasteiger partial charge in [-0.3, -0.25) is 0 Å². The third-order valence-electron chi connectivity index (χ3n) is 3.15. The molecule has 0 radical (unpaired) electrons. The molecule has 1 heterocycles. The number of nitrogens with two attached hydrogens (primary N) is 1. The van der Waals surface area contributed by atoms with Crippen molar-refractivity contribution in [3.8, 4) is 0 Å². The summed E-state index contributed by atoms with van der Waals surface area (Å²) in [5.41, 5.74) is 10.5. The minimum atomic E-state index is -0.243. The Morgan fingerprint density at radius 3 is 2.50 bits per heavy atom. The topological polar surface area (TPSA) is 44.5 Å². The Labute approximate surface area is 96.5 Å². The Morgan fingerprint density at radius 1 is 1.19 bits per heavy atom.